The molecule has 0 fully saturated rings. The van der Waals surface area contributed by atoms with Crippen LogP contribution >= 0.6 is 0 Å². The first-order valence-corrected chi connectivity index (χ1v) is 16.1. The zero-order chi connectivity index (χ0) is 36.9. The Kier molecular flexibility index (Phi) is 12.2. The van der Waals surface area contributed by atoms with Crippen molar-refractivity contribution in [3.05, 3.63) is 155 Å². The maximum absolute atomic E-state index is 13.0. The zero-order valence-electron chi connectivity index (χ0n) is 27.7. The molecule has 0 saturated heterocycles. The minimum atomic E-state index is -0.874. The quantitative estimate of drug-likeness (QED) is 0.161. The smallest absolute Gasteiger partial charge is 0.803 e. The van der Waals surface area contributed by atoms with E-state index in [4.69, 9.17) is 0 Å². The number of nitrogens with zero attached hydrogens (tertiary/aromatic N) is 4. The van der Waals surface area contributed by atoms with Crippen LogP contribution in [0.15, 0.2) is 105 Å². The van der Waals surface area contributed by atoms with E-state index in [1.165, 1.54) is 36.4 Å². The van der Waals surface area contributed by atoms with Crippen molar-refractivity contribution in [2.24, 2.45) is 0 Å². The molecule has 275 valence electrons. The fourth-order valence-electron chi connectivity index (χ4n) is 5.79. The van der Waals surface area contributed by atoms with E-state index in [0.717, 1.165) is 0 Å². The molecule has 3 N–H and O–H groups in total. The van der Waals surface area contributed by atoms with Gasteiger partial charge in [-0.15, -0.1) is 0 Å². The van der Waals surface area contributed by atoms with Gasteiger partial charge in [0.1, 0.15) is 17.1 Å². The van der Waals surface area contributed by atoms with Crippen molar-refractivity contribution < 1.29 is 51.7 Å². The van der Waals surface area contributed by atoms with Crippen molar-refractivity contribution in [1.82, 2.24) is 35.0 Å². The van der Waals surface area contributed by atoms with Crippen molar-refractivity contribution in [3.63, 3.8) is 0 Å². The molecule has 6 aromatic rings. The number of pyridine rings is 3. The van der Waals surface area contributed by atoms with E-state index >= 15 is 0 Å². The Bertz CT molecular complexity index is 2270. The summed E-state index contributed by atoms with van der Waals surface area (Å²) in [5.74, 6) is -2.39. The van der Waals surface area contributed by atoms with Crippen molar-refractivity contribution in [2.45, 2.75) is 0 Å². The van der Waals surface area contributed by atoms with Gasteiger partial charge in [0.05, 0.1) is 0 Å². The molecule has 16 nitrogen and oxygen atoms in total. The number of aromatic nitrogens is 3. The molecule has 0 aliphatic rings. The molecule has 6 rings (SSSR count). The van der Waals surface area contributed by atoms with Gasteiger partial charge in [-0.2, -0.15) is 0 Å². The molecular formula is C36H30ErN7O9. The number of fused-ring (bicyclic) bond motifs is 3. The number of hydrogen-bond acceptors (Lipinski definition) is 10. The first-order valence-electron chi connectivity index (χ1n) is 16.1. The molecule has 3 aromatic heterocycles. The van der Waals surface area contributed by atoms with E-state index in [-0.39, 0.29) is 107 Å². The molecule has 3 amide bonds. The van der Waals surface area contributed by atoms with Crippen LogP contribution < -0.4 is 32.6 Å². The second kappa shape index (κ2) is 16.8. The Morgan fingerprint density at radius 1 is 0.491 bits per heavy atom. The summed E-state index contributed by atoms with van der Waals surface area (Å²) in [6, 6.07) is 23.0. The summed E-state index contributed by atoms with van der Waals surface area (Å²) in [5, 5.41) is 47.3. The number of amides is 3. The van der Waals surface area contributed by atoms with E-state index in [0.29, 0.717) is 16.2 Å². The van der Waals surface area contributed by atoms with Gasteiger partial charge in [-0.3, -0.25) is 33.7 Å². The first kappa shape index (κ1) is 38.5. The molecule has 0 unspecified atom stereocenters. The molecule has 0 aliphatic carbocycles. The zero-order valence-corrected chi connectivity index (χ0v) is 29.5. The summed E-state index contributed by atoms with van der Waals surface area (Å²) in [6.07, 6.45) is 0. The molecule has 0 atom stereocenters. The van der Waals surface area contributed by atoms with E-state index < -0.39 is 51.5 Å². The summed E-state index contributed by atoms with van der Waals surface area (Å²) in [6.45, 7) is 0.280. The largest absolute Gasteiger partial charge is 3.00 e. The van der Waals surface area contributed by atoms with Gasteiger partial charge in [-0.05, 0) is 52.6 Å². The number of hydrogen-bond donors (Lipinski definition) is 3. The molecule has 0 spiro atoms. The van der Waals surface area contributed by atoms with Gasteiger partial charge in [0.25, 0.3) is 34.4 Å². The van der Waals surface area contributed by atoms with E-state index in [1.54, 1.807) is 59.5 Å². The normalized spacial score (nSPS) is 11.0. The third-order valence-corrected chi connectivity index (χ3v) is 8.50. The molecule has 3 heterocycles. The summed E-state index contributed by atoms with van der Waals surface area (Å²) >= 11 is 0. The van der Waals surface area contributed by atoms with Crippen LogP contribution in [0, 0.1) is 52.9 Å². The van der Waals surface area contributed by atoms with Crippen LogP contribution in [-0.4, -0.2) is 76.1 Å². The SMILES string of the molecule is O=C(NCCN(CCNC(=O)c1cc2ccccc2c(=O)n1[O-])CCNC(=O)c1cc2ccccc2c(=O)n1[O-])c1cc2ccccc2c(=O)n1[O-].[Er+3]. The Hall–Kier alpha value is -5.69. The summed E-state index contributed by atoms with van der Waals surface area (Å²) < 4.78 is 0.0574. The second-order valence-corrected chi connectivity index (χ2v) is 11.8. The molecule has 1 radical (unpaired) electrons. The van der Waals surface area contributed by atoms with Crippen molar-refractivity contribution in [2.75, 3.05) is 39.3 Å². The number of carbonyl (C=O) groups is 3. The van der Waals surface area contributed by atoms with Crippen LogP contribution in [-0.2, 0) is 0 Å². The third-order valence-electron chi connectivity index (χ3n) is 8.50. The summed E-state index contributed by atoms with van der Waals surface area (Å²) in [7, 11) is 0. The standard InChI is InChI=1S/C36H30N7O9.Er/c44-31(28-19-22-7-1-4-10-25(22)34(47)41(28)50)37-13-16-40(17-14-38-32(45)29-20-23-8-2-5-11-26(23)35(48)42(29)51)18-15-39-33(46)30-21-24-9-3-6-12-27(24)36(49)43(30)52;/h1-12,19-21H,13-18H2,(H,37,44)(H,38,45)(H,39,46);/q-3;+3. The second-order valence-electron chi connectivity index (χ2n) is 11.8. The summed E-state index contributed by atoms with van der Waals surface area (Å²) in [4.78, 5) is 78.1. The van der Waals surface area contributed by atoms with Crippen LogP contribution in [0.25, 0.3) is 32.3 Å². The Morgan fingerprint density at radius 2 is 0.755 bits per heavy atom. The molecule has 17 heteroatoms. The molecule has 0 aliphatic heterocycles. The fraction of sp³-hybridized carbons (Fsp3) is 0.167. The molecular weight excluding hydrogens is 842 g/mol. The van der Waals surface area contributed by atoms with Crippen molar-refractivity contribution >= 4 is 50.0 Å². The predicted octanol–water partition coefficient (Wildman–Crippen LogP) is 1.56. The monoisotopic (exact) mass is 870 g/mol. The van der Waals surface area contributed by atoms with Gasteiger partial charge in [0, 0.05) is 55.4 Å². The third kappa shape index (κ3) is 8.20. The van der Waals surface area contributed by atoms with Crippen LogP contribution in [0.2, 0.25) is 0 Å². The molecule has 0 bridgehead atoms. The van der Waals surface area contributed by atoms with E-state index in [2.05, 4.69) is 16.0 Å². The molecule has 53 heavy (non-hydrogen) atoms. The van der Waals surface area contributed by atoms with Gasteiger partial charge >= 0.3 is 37.3 Å². The minimum absolute atomic E-state index is 0. The van der Waals surface area contributed by atoms with Crippen LogP contribution in [0.1, 0.15) is 31.5 Å². The maximum Gasteiger partial charge on any atom is 3.00 e. The fourth-order valence-corrected chi connectivity index (χ4v) is 5.79. The van der Waals surface area contributed by atoms with Gasteiger partial charge in [0.2, 0.25) is 0 Å². The summed E-state index contributed by atoms with van der Waals surface area (Å²) in [5.41, 5.74) is -3.81. The number of carbonyl (C=O) groups excluding carboxylic acids is 3. The van der Waals surface area contributed by atoms with Gasteiger partial charge in [0.15, 0.2) is 0 Å². The van der Waals surface area contributed by atoms with E-state index in [9.17, 15) is 44.4 Å². The van der Waals surface area contributed by atoms with Crippen molar-refractivity contribution in [1.29, 1.82) is 0 Å². The maximum atomic E-state index is 13.0. The van der Waals surface area contributed by atoms with Gasteiger partial charge in [-0.1, -0.05) is 54.6 Å². The molecule has 0 saturated carbocycles. The van der Waals surface area contributed by atoms with Crippen LogP contribution in [0.5, 0.6) is 0 Å². The average molecular weight is 872 g/mol. The van der Waals surface area contributed by atoms with Gasteiger partial charge < -0.3 is 45.8 Å². The Labute approximate surface area is 328 Å². The van der Waals surface area contributed by atoms with Crippen molar-refractivity contribution in [3.8, 4) is 0 Å². The Balaban J connectivity index is 0.00000541. The van der Waals surface area contributed by atoms with E-state index in [1.807, 2.05) is 0 Å². The Morgan fingerprint density at radius 3 is 1.04 bits per heavy atom. The molecule has 3 aromatic carbocycles. The number of benzene rings is 3. The average Bonchev–Trinajstić information content (AvgIpc) is 3.15. The van der Waals surface area contributed by atoms with Crippen LogP contribution in [0.4, 0.5) is 0 Å². The minimum Gasteiger partial charge on any atom is -0.803 e. The number of nitrogens with one attached hydrogen (secondary N) is 3. The van der Waals surface area contributed by atoms with Crippen LogP contribution in [0.3, 0.4) is 0 Å². The number of rotatable bonds is 12. The van der Waals surface area contributed by atoms with Gasteiger partial charge in [-0.25, -0.2) is 0 Å². The predicted molar refractivity (Wildman–Crippen MR) is 194 cm³/mol. The topological polar surface area (TPSA) is 226 Å². The first-order chi connectivity index (χ1) is 25.0.